The fourth-order valence-corrected chi connectivity index (χ4v) is 7.00. The number of fused-ring (bicyclic) bond motifs is 3. The molecule has 30 heavy (non-hydrogen) atoms. The molecule has 0 spiro atoms. The lowest BCUT2D eigenvalue weighted by atomic mass is 9.46. The van der Waals surface area contributed by atoms with E-state index in [2.05, 4.69) is 30.8 Å². The molecule has 0 heterocycles. The molecule has 5 heteroatoms. The van der Waals surface area contributed by atoms with Crippen molar-refractivity contribution in [1.82, 2.24) is 4.90 Å². The average Bonchev–Trinajstić information content (AvgIpc) is 2.70. The predicted octanol–water partition coefficient (Wildman–Crippen LogP) is 4.53. The van der Waals surface area contributed by atoms with Crippen LogP contribution < -0.4 is 0 Å². The molecule has 3 rings (SSSR count). The second-order valence-electron chi connectivity index (χ2n) is 11.0. The largest absolute Gasteiger partial charge is 0.395 e. The van der Waals surface area contributed by atoms with Crippen molar-refractivity contribution in [2.75, 3.05) is 27.2 Å². The first kappa shape index (κ1) is 23.7. The molecule has 5 nitrogen and oxygen atoms in total. The summed E-state index contributed by atoms with van der Waals surface area (Å²) >= 11 is 0. The molecule has 1 N–H and O–H groups in total. The first-order valence-corrected chi connectivity index (χ1v) is 12.2. The van der Waals surface area contributed by atoms with Gasteiger partial charge in [0.15, 0.2) is 0 Å². The highest BCUT2D eigenvalue weighted by Crippen LogP contribution is 2.61. The lowest BCUT2D eigenvalue weighted by Crippen LogP contribution is -2.56. The van der Waals surface area contributed by atoms with E-state index in [1.54, 1.807) is 0 Å². The van der Waals surface area contributed by atoms with Gasteiger partial charge in [0.25, 0.3) is 0 Å². The molecule has 0 saturated heterocycles. The molecule has 3 saturated carbocycles. The molecule has 172 valence electrons. The Labute approximate surface area is 183 Å². The van der Waals surface area contributed by atoms with Crippen molar-refractivity contribution in [2.24, 2.45) is 39.7 Å². The van der Waals surface area contributed by atoms with Crippen molar-refractivity contribution < 1.29 is 14.7 Å². The number of carbonyl (C=O) groups excluding carboxylic acids is 1. The summed E-state index contributed by atoms with van der Waals surface area (Å²) in [5.74, 6) is 2.14. The monoisotopic (exact) mass is 420 g/mol. The lowest BCUT2D eigenvalue weighted by molar-refractivity contribution is -0.157. The van der Waals surface area contributed by atoms with Gasteiger partial charge in [-0.05, 0) is 88.6 Å². The van der Waals surface area contributed by atoms with Gasteiger partial charge in [-0.15, -0.1) is 0 Å². The highest BCUT2D eigenvalue weighted by atomic mass is 16.6. The number of hydrogen-bond donors (Lipinski definition) is 1. The summed E-state index contributed by atoms with van der Waals surface area (Å²) < 4.78 is 0. The van der Waals surface area contributed by atoms with Gasteiger partial charge in [0.05, 0.1) is 6.10 Å². The molecule has 3 aliphatic rings. The summed E-state index contributed by atoms with van der Waals surface area (Å²) in [7, 11) is 4.04. The Morgan fingerprint density at radius 1 is 1.23 bits per heavy atom. The Morgan fingerprint density at radius 3 is 2.70 bits per heavy atom. The molecule has 3 aliphatic carbocycles. The number of rotatable bonds is 8. The van der Waals surface area contributed by atoms with Crippen molar-refractivity contribution in [3.63, 3.8) is 0 Å². The summed E-state index contributed by atoms with van der Waals surface area (Å²) in [5, 5.41) is 14.3. The summed E-state index contributed by atoms with van der Waals surface area (Å²) in [4.78, 5) is 21.3. The third-order valence-corrected chi connectivity index (χ3v) is 9.10. The van der Waals surface area contributed by atoms with Crippen LogP contribution in [0.1, 0.15) is 78.6 Å². The molecule has 0 radical (unpaired) electrons. The van der Waals surface area contributed by atoms with E-state index < -0.39 is 0 Å². The van der Waals surface area contributed by atoms with Gasteiger partial charge in [-0.25, -0.2) is 0 Å². The van der Waals surface area contributed by atoms with E-state index in [0.29, 0.717) is 30.1 Å². The van der Waals surface area contributed by atoms with Crippen LogP contribution >= 0.6 is 0 Å². The number of nitrogens with zero attached hydrogens (tertiary/aromatic N) is 2. The molecule has 0 aromatic heterocycles. The molecule has 0 aromatic carbocycles. The summed E-state index contributed by atoms with van der Waals surface area (Å²) in [6.07, 6.45) is 10.8. The van der Waals surface area contributed by atoms with Gasteiger partial charge in [-0.3, -0.25) is 4.79 Å². The van der Waals surface area contributed by atoms with E-state index in [1.807, 2.05) is 20.3 Å². The zero-order valence-electron chi connectivity index (χ0n) is 19.9. The van der Waals surface area contributed by atoms with E-state index in [-0.39, 0.29) is 22.9 Å². The fourth-order valence-electron chi connectivity index (χ4n) is 7.00. The number of aliphatic hydroxyl groups excluding tert-OH is 1. The Kier molecular flexibility index (Phi) is 7.66. The number of hydrogen-bond acceptors (Lipinski definition) is 5. The van der Waals surface area contributed by atoms with Crippen LogP contribution in [0.15, 0.2) is 5.16 Å². The second-order valence-corrected chi connectivity index (χ2v) is 11.0. The summed E-state index contributed by atoms with van der Waals surface area (Å²) in [6, 6.07) is 0. The van der Waals surface area contributed by atoms with E-state index in [4.69, 9.17) is 4.84 Å². The van der Waals surface area contributed by atoms with Crippen LogP contribution in [0.5, 0.6) is 0 Å². The van der Waals surface area contributed by atoms with Crippen LogP contribution in [-0.2, 0) is 9.63 Å². The highest BCUT2D eigenvalue weighted by Gasteiger charge is 2.57. The Morgan fingerprint density at radius 2 is 2.00 bits per heavy atom. The molecule has 0 bridgehead atoms. The zero-order valence-corrected chi connectivity index (χ0v) is 19.9. The topological polar surface area (TPSA) is 62.1 Å². The Bertz CT molecular complexity index is 622. The first-order chi connectivity index (χ1) is 14.2. The van der Waals surface area contributed by atoms with E-state index >= 15 is 0 Å². The maximum absolute atomic E-state index is 13.8. The van der Waals surface area contributed by atoms with E-state index in [1.165, 1.54) is 0 Å². The van der Waals surface area contributed by atoms with Crippen molar-refractivity contribution in [3.8, 4) is 0 Å². The van der Waals surface area contributed by atoms with Gasteiger partial charge in [0.2, 0.25) is 0 Å². The molecular formula is C25H44N2O3. The van der Waals surface area contributed by atoms with Crippen LogP contribution in [0.3, 0.4) is 0 Å². The SMILES string of the molecule is CC[C@H](C/C=N/OCCN(C)C)[C@@]1(C)CCC2C(CC[C@@H]3C[C@@H](O)CC[C@]23C)C1=O. The molecule has 7 atom stereocenters. The van der Waals surface area contributed by atoms with Gasteiger partial charge in [0, 0.05) is 24.1 Å². The third kappa shape index (κ3) is 4.62. The number of ketones is 1. The van der Waals surface area contributed by atoms with Gasteiger partial charge in [0.1, 0.15) is 12.4 Å². The second kappa shape index (κ2) is 9.68. The van der Waals surface area contributed by atoms with Crippen LogP contribution in [0, 0.1) is 34.5 Å². The van der Waals surface area contributed by atoms with E-state index in [0.717, 1.165) is 64.3 Å². The smallest absolute Gasteiger partial charge is 0.142 e. The third-order valence-electron chi connectivity index (χ3n) is 9.10. The summed E-state index contributed by atoms with van der Waals surface area (Å²) in [5.41, 5.74) is -0.00840. The zero-order chi connectivity index (χ0) is 21.9. The Hall–Kier alpha value is -0.940. The van der Waals surface area contributed by atoms with Gasteiger partial charge in [-0.2, -0.15) is 0 Å². The molecule has 0 aliphatic heterocycles. The minimum absolute atomic E-state index is 0.132. The van der Waals surface area contributed by atoms with Crippen LogP contribution in [0.25, 0.3) is 0 Å². The quantitative estimate of drug-likeness (QED) is 0.356. The van der Waals surface area contributed by atoms with Crippen LogP contribution in [0.2, 0.25) is 0 Å². The number of Topliss-reactive ketones (excluding diaryl/α,β-unsaturated/α-hetero) is 1. The predicted molar refractivity (Wildman–Crippen MR) is 121 cm³/mol. The summed E-state index contributed by atoms with van der Waals surface area (Å²) in [6.45, 7) is 8.29. The van der Waals surface area contributed by atoms with Crippen molar-refractivity contribution in [1.29, 1.82) is 0 Å². The number of oxime groups is 1. The normalized spacial score (nSPS) is 40.3. The van der Waals surface area contributed by atoms with Crippen molar-refractivity contribution >= 4 is 12.0 Å². The standard InChI is InChI=1S/C25H44N2O3/c1-6-18(11-14-26-30-16-15-27(4)5)25(3)13-10-22-21(23(25)29)8-7-19-17-20(28)9-12-24(19,22)2/h14,18-22,28H,6-13,15-17H2,1-5H3/b26-14+/t18-,19-,20+,21?,22?,24+,25-/m1/s1. The van der Waals surface area contributed by atoms with Crippen molar-refractivity contribution in [3.05, 3.63) is 0 Å². The number of likely N-dealkylation sites (N-methyl/N-ethyl adjacent to an activating group) is 1. The van der Waals surface area contributed by atoms with Gasteiger partial charge >= 0.3 is 0 Å². The molecular weight excluding hydrogens is 376 g/mol. The van der Waals surface area contributed by atoms with Crippen LogP contribution in [-0.4, -0.2) is 55.4 Å². The molecule has 0 amide bonds. The number of aliphatic hydroxyl groups is 1. The highest BCUT2D eigenvalue weighted by molar-refractivity contribution is 5.88. The molecule has 2 unspecified atom stereocenters. The minimum Gasteiger partial charge on any atom is -0.395 e. The van der Waals surface area contributed by atoms with Gasteiger partial charge in [-0.1, -0.05) is 32.3 Å². The van der Waals surface area contributed by atoms with Crippen LogP contribution in [0.4, 0.5) is 0 Å². The fraction of sp³-hybridized carbons (Fsp3) is 0.920. The maximum atomic E-state index is 13.8. The molecule has 3 fully saturated rings. The first-order valence-electron chi connectivity index (χ1n) is 12.2. The Balaban J connectivity index is 1.64. The molecule has 0 aromatic rings. The lowest BCUT2D eigenvalue weighted by Gasteiger charge is -2.58. The van der Waals surface area contributed by atoms with E-state index in [9.17, 15) is 9.90 Å². The van der Waals surface area contributed by atoms with Gasteiger partial charge < -0.3 is 14.8 Å². The minimum atomic E-state index is -0.247. The van der Waals surface area contributed by atoms with Crippen molar-refractivity contribution in [2.45, 2.75) is 84.7 Å². The maximum Gasteiger partial charge on any atom is 0.142 e. The average molecular weight is 421 g/mol. The number of carbonyl (C=O) groups is 1.